The normalized spacial score (nSPS) is 18.0. The first kappa shape index (κ1) is 15.4. The molecule has 22 heavy (non-hydrogen) atoms. The van der Waals surface area contributed by atoms with Crippen molar-refractivity contribution in [3.63, 3.8) is 0 Å². The number of benzene rings is 1. The van der Waals surface area contributed by atoms with Crippen molar-refractivity contribution >= 4 is 29.4 Å². The van der Waals surface area contributed by atoms with Gasteiger partial charge in [-0.1, -0.05) is 12.1 Å². The zero-order valence-electron chi connectivity index (χ0n) is 12.4. The first-order valence-electron chi connectivity index (χ1n) is 7.22. The van der Waals surface area contributed by atoms with E-state index in [0.29, 0.717) is 5.75 Å². The standard InChI is InChI=1S/C17H18N2OS2/c1-21-15-4-2-14(3-5-15)17-19(16(20)12-22-17)11-8-13-6-9-18-10-7-13/h2-7,9-10,17H,8,11-12H2,1H3. The van der Waals surface area contributed by atoms with Gasteiger partial charge in [-0.05, 0) is 48.1 Å². The Morgan fingerprint density at radius 1 is 1.23 bits per heavy atom. The van der Waals surface area contributed by atoms with Gasteiger partial charge in [0.05, 0.1) is 5.75 Å². The summed E-state index contributed by atoms with van der Waals surface area (Å²) in [5, 5.41) is 0.144. The molecule has 3 nitrogen and oxygen atoms in total. The van der Waals surface area contributed by atoms with Crippen LogP contribution in [0.25, 0.3) is 0 Å². The van der Waals surface area contributed by atoms with Crippen molar-refractivity contribution < 1.29 is 4.79 Å². The van der Waals surface area contributed by atoms with Gasteiger partial charge in [-0.2, -0.15) is 0 Å². The molecule has 1 fully saturated rings. The second-order valence-electron chi connectivity index (χ2n) is 5.13. The first-order valence-corrected chi connectivity index (χ1v) is 9.49. The number of amides is 1. The zero-order chi connectivity index (χ0) is 15.4. The SMILES string of the molecule is CSc1ccc(C2SCC(=O)N2CCc2ccncc2)cc1. The van der Waals surface area contributed by atoms with Crippen LogP contribution < -0.4 is 0 Å². The van der Waals surface area contributed by atoms with Crippen LogP contribution in [0.3, 0.4) is 0 Å². The third kappa shape index (κ3) is 3.47. The van der Waals surface area contributed by atoms with Gasteiger partial charge >= 0.3 is 0 Å². The number of carbonyl (C=O) groups excluding carboxylic acids is 1. The molecule has 0 spiro atoms. The highest BCUT2D eigenvalue weighted by atomic mass is 32.2. The summed E-state index contributed by atoms with van der Waals surface area (Å²) < 4.78 is 0. The molecule has 2 heterocycles. The monoisotopic (exact) mass is 330 g/mol. The van der Waals surface area contributed by atoms with Gasteiger partial charge in [0, 0.05) is 23.8 Å². The van der Waals surface area contributed by atoms with Crippen LogP contribution in [0.4, 0.5) is 0 Å². The second-order valence-corrected chi connectivity index (χ2v) is 7.08. The molecule has 1 amide bonds. The van der Waals surface area contributed by atoms with E-state index in [1.54, 1.807) is 35.9 Å². The third-order valence-corrected chi connectivity index (χ3v) is 5.76. The van der Waals surface area contributed by atoms with Crippen LogP contribution in [0.15, 0.2) is 53.7 Å². The lowest BCUT2D eigenvalue weighted by atomic mass is 10.1. The maximum absolute atomic E-state index is 12.2. The maximum Gasteiger partial charge on any atom is 0.233 e. The number of carbonyl (C=O) groups is 1. The van der Waals surface area contributed by atoms with Crippen molar-refractivity contribution in [3.05, 3.63) is 59.9 Å². The Balaban J connectivity index is 1.71. The molecule has 0 bridgehead atoms. The maximum atomic E-state index is 12.2. The van der Waals surface area contributed by atoms with Crippen molar-refractivity contribution in [3.8, 4) is 0 Å². The van der Waals surface area contributed by atoms with E-state index in [4.69, 9.17) is 0 Å². The number of hydrogen-bond acceptors (Lipinski definition) is 4. The van der Waals surface area contributed by atoms with E-state index in [1.807, 2.05) is 17.0 Å². The van der Waals surface area contributed by atoms with Gasteiger partial charge in [0.15, 0.2) is 0 Å². The number of nitrogens with zero attached hydrogens (tertiary/aromatic N) is 2. The molecule has 0 saturated carbocycles. The fourth-order valence-corrected chi connectivity index (χ4v) is 4.17. The van der Waals surface area contributed by atoms with Crippen molar-refractivity contribution in [2.24, 2.45) is 0 Å². The third-order valence-electron chi connectivity index (χ3n) is 3.76. The Bertz CT molecular complexity index is 631. The van der Waals surface area contributed by atoms with Gasteiger partial charge in [-0.3, -0.25) is 9.78 Å². The number of thioether (sulfide) groups is 2. The summed E-state index contributed by atoms with van der Waals surface area (Å²) in [6.45, 7) is 0.755. The Kier molecular flexibility index (Phi) is 5.05. The minimum absolute atomic E-state index is 0.144. The summed E-state index contributed by atoms with van der Waals surface area (Å²) >= 11 is 3.45. The molecule has 1 aromatic heterocycles. The lowest BCUT2D eigenvalue weighted by Gasteiger charge is -2.24. The molecule has 1 saturated heterocycles. The van der Waals surface area contributed by atoms with E-state index in [2.05, 4.69) is 35.5 Å². The molecule has 5 heteroatoms. The predicted octanol–water partition coefficient (Wildman–Crippen LogP) is 3.62. The van der Waals surface area contributed by atoms with Crippen LogP contribution in [0.2, 0.25) is 0 Å². The Morgan fingerprint density at radius 3 is 2.64 bits per heavy atom. The lowest BCUT2D eigenvalue weighted by molar-refractivity contribution is -0.128. The Hall–Kier alpha value is -1.46. The van der Waals surface area contributed by atoms with Gasteiger partial charge in [0.25, 0.3) is 0 Å². The molecule has 1 aromatic carbocycles. The van der Waals surface area contributed by atoms with E-state index in [1.165, 1.54) is 16.0 Å². The lowest BCUT2D eigenvalue weighted by Crippen LogP contribution is -2.30. The highest BCUT2D eigenvalue weighted by Crippen LogP contribution is 2.38. The smallest absolute Gasteiger partial charge is 0.233 e. The average molecular weight is 330 g/mol. The van der Waals surface area contributed by atoms with Crippen LogP contribution in [0.1, 0.15) is 16.5 Å². The summed E-state index contributed by atoms with van der Waals surface area (Å²) in [4.78, 5) is 19.5. The van der Waals surface area contributed by atoms with Crippen LogP contribution in [-0.4, -0.2) is 34.3 Å². The Morgan fingerprint density at radius 2 is 1.95 bits per heavy atom. The zero-order valence-corrected chi connectivity index (χ0v) is 14.1. The molecule has 1 unspecified atom stereocenters. The highest BCUT2D eigenvalue weighted by Gasteiger charge is 2.32. The van der Waals surface area contributed by atoms with Crippen LogP contribution in [-0.2, 0) is 11.2 Å². The number of aromatic nitrogens is 1. The molecule has 0 N–H and O–H groups in total. The van der Waals surface area contributed by atoms with Crippen LogP contribution >= 0.6 is 23.5 Å². The number of pyridine rings is 1. The van der Waals surface area contributed by atoms with Gasteiger partial charge < -0.3 is 4.90 Å². The first-order chi connectivity index (χ1) is 10.8. The molecule has 3 rings (SSSR count). The molecule has 1 aliphatic rings. The van der Waals surface area contributed by atoms with Crippen molar-refractivity contribution in [2.45, 2.75) is 16.7 Å². The summed E-state index contributed by atoms with van der Waals surface area (Å²) in [5.41, 5.74) is 2.43. The summed E-state index contributed by atoms with van der Waals surface area (Å²) in [5.74, 6) is 0.809. The number of rotatable bonds is 5. The van der Waals surface area contributed by atoms with E-state index < -0.39 is 0 Å². The molecule has 1 aliphatic heterocycles. The van der Waals surface area contributed by atoms with E-state index in [9.17, 15) is 4.79 Å². The predicted molar refractivity (Wildman–Crippen MR) is 93.1 cm³/mol. The summed E-state index contributed by atoms with van der Waals surface area (Å²) in [6, 6.07) is 12.6. The quantitative estimate of drug-likeness (QED) is 0.784. The fraction of sp³-hybridized carbons (Fsp3) is 0.294. The highest BCUT2D eigenvalue weighted by molar-refractivity contribution is 8.00. The molecule has 0 radical (unpaired) electrons. The van der Waals surface area contributed by atoms with Gasteiger partial charge in [-0.15, -0.1) is 23.5 Å². The minimum Gasteiger partial charge on any atom is -0.326 e. The average Bonchev–Trinajstić information content (AvgIpc) is 2.95. The van der Waals surface area contributed by atoms with E-state index >= 15 is 0 Å². The van der Waals surface area contributed by atoms with Gasteiger partial charge in [-0.25, -0.2) is 0 Å². The topological polar surface area (TPSA) is 33.2 Å². The molecule has 114 valence electrons. The molecule has 1 atom stereocenters. The Labute approximate surface area is 139 Å². The second kappa shape index (κ2) is 7.20. The molecule has 0 aliphatic carbocycles. The van der Waals surface area contributed by atoms with Crippen LogP contribution in [0, 0.1) is 0 Å². The van der Waals surface area contributed by atoms with E-state index in [-0.39, 0.29) is 11.3 Å². The number of hydrogen-bond donors (Lipinski definition) is 0. The van der Waals surface area contributed by atoms with Crippen molar-refractivity contribution in [1.82, 2.24) is 9.88 Å². The summed E-state index contributed by atoms with van der Waals surface area (Å²) in [7, 11) is 0. The van der Waals surface area contributed by atoms with Gasteiger partial charge in [0.2, 0.25) is 5.91 Å². The minimum atomic E-state index is 0.144. The van der Waals surface area contributed by atoms with Crippen LogP contribution in [0.5, 0.6) is 0 Å². The molecular formula is C17H18N2OS2. The molecule has 2 aromatic rings. The summed E-state index contributed by atoms with van der Waals surface area (Å²) in [6.07, 6.45) is 6.54. The van der Waals surface area contributed by atoms with Gasteiger partial charge in [0.1, 0.15) is 5.37 Å². The van der Waals surface area contributed by atoms with Crippen molar-refractivity contribution in [2.75, 3.05) is 18.6 Å². The largest absolute Gasteiger partial charge is 0.326 e. The van der Waals surface area contributed by atoms with Crippen molar-refractivity contribution in [1.29, 1.82) is 0 Å². The van der Waals surface area contributed by atoms with E-state index in [0.717, 1.165) is 13.0 Å². The molecular weight excluding hydrogens is 312 g/mol. The fourth-order valence-electron chi connectivity index (χ4n) is 2.54.